The maximum atomic E-state index is 5.49. The Morgan fingerprint density at radius 2 is 2.07 bits per heavy atom. The summed E-state index contributed by atoms with van der Waals surface area (Å²) >= 11 is 1.52. The van der Waals surface area contributed by atoms with E-state index < -0.39 is 4.92 Å². The lowest BCUT2D eigenvalue weighted by atomic mass is 11.0. The first kappa shape index (κ1) is 14.7. The molecule has 88 valence electrons. The fourth-order valence-electron chi connectivity index (χ4n) is 0.394. The molecule has 0 bridgehead atoms. The van der Waals surface area contributed by atoms with E-state index in [9.17, 15) is 0 Å². The molecule has 0 saturated heterocycles. The van der Waals surface area contributed by atoms with Crippen LogP contribution in [0, 0.1) is 0 Å². The average molecular weight is 334 g/mol. The maximum absolute atomic E-state index is 5.49. The number of hydrazine groups is 1. The first-order chi connectivity index (χ1) is 7.01. The number of hydrogen-bond acceptors (Lipinski definition) is 8. The van der Waals surface area contributed by atoms with Crippen LogP contribution in [0.2, 0.25) is 0 Å². The van der Waals surface area contributed by atoms with Crippen molar-refractivity contribution >= 4 is 23.0 Å². The van der Waals surface area contributed by atoms with E-state index in [0.29, 0.717) is 10.6 Å². The summed E-state index contributed by atoms with van der Waals surface area (Å²) in [5, 5.41) is 1.23. The molecule has 0 spiro atoms. The van der Waals surface area contributed by atoms with Gasteiger partial charge in [-0.15, -0.1) is 10.8 Å². The highest BCUT2D eigenvalue weighted by Gasteiger charge is 2.28. The molecule has 0 aromatic heterocycles. The molecule has 9 nitrogen and oxygen atoms in total. The van der Waals surface area contributed by atoms with Crippen LogP contribution < -0.4 is 11.7 Å². The normalized spacial score (nSPS) is 14.7. The quantitative estimate of drug-likeness (QED) is 0.277. The Kier molecular flexibility index (Phi) is 6.90. The smallest absolute Gasteiger partial charge is 0.197 e. The summed E-state index contributed by atoms with van der Waals surface area (Å²) in [7, 11) is 1.29. The molecule has 0 fully saturated rings. The summed E-state index contributed by atoms with van der Waals surface area (Å²) in [6.07, 6.45) is 2.29. The minimum Gasteiger partial charge on any atom is -0.262 e. The molecule has 0 radical (unpaired) electrons. The fourth-order valence-corrected chi connectivity index (χ4v) is 0.627. The third kappa shape index (κ3) is 5.36. The van der Waals surface area contributed by atoms with Crippen LogP contribution in [0.15, 0.2) is 25.6 Å². The van der Waals surface area contributed by atoms with Crippen molar-refractivity contribution in [3.8, 4) is 0 Å². The summed E-state index contributed by atoms with van der Waals surface area (Å²) in [6.45, 7) is 6.77. The molecule has 0 aromatic rings. The molecule has 1 atom stereocenters. The Hall–Kier alpha value is -0.310. The van der Waals surface area contributed by atoms with Gasteiger partial charge in [-0.2, -0.15) is 0 Å². The van der Waals surface area contributed by atoms with E-state index in [-0.39, 0.29) is 0 Å². The number of hydrogen-bond donors (Lipinski definition) is 2. The molecule has 0 amide bonds. The van der Waals surface area contributed by atoms with E-state index in [1.54, 1.807) is 0 Å². The zero-order chi connectivity index (χ0) is 11.9. The maximum Gasteiger partial charge on any atom is 0.197 e. The molecule has 0 heterocycles. The third-order valence-corrected chi connectivity index (χ3v) is 1.68. The second-order valence-electron chi connectivity index (χ2n) is 2.00. The second kappa shape index (κ2) is 7.04. The predicted molar refractivity (Wildman–Crippen MR) is 57.0 cm³/mol. The largest absolute Gasteiger partial charge is 0.262 e. The van der Waals surface area contributed by atoms with Crippen LogP contribution in [-0.2, 0) is 17.9 Å². The number of hydroxylamine groups is 4. The highest BCUT2D eigenvalue weighted by Crippen LogP contribution is 2.10. The van der Waals surface area contributed by atoms with Gasteiger partial charge in [0.1, 0.15) is 0 Å². The summed E-state index contributed by atoms with van der Waals surface area (Å²) in [4.78, 5) is 13.2. The van der Waals surface area contributed by atoms with E-state index in [2.05, 4.69) is 18.0 Å². The summed E-state index contributed by atoms with van der Waals surface area (Å²) in [6, 6.07) is 0. The molecule has 0 saturated carbocycles. The van der Waals surface area contributed by atoms with Crippen molar-refractivity contribution in [1.29, 1.82) is 0 Å². The van der Waals surface area contributed by atoms with Gasteiger partial charge in [0.25, 0.3) is 0 Å². The Balaban J connectivity index is 4.31. The minimum atomic E-state index is -0.913. The van der Waals surface area contributed by atoms with Crippen molar-refractivity contribution in [1.82, 2.24) is 10.6 Å². The van der Waals surface area contributed by atoms with Gasteiger partial charge in [-0.25, -0.2) is 5.84 Å². The van der Waals surface area contributed by atoms with Gasteiger partial charge < -0.3 is 0 Å². The van der Waals surface area contributed by atoms with Crippen molar-refractivity contribution in [2.75, 3.05) is 7.11 Å². The van der Waals surface area contributed by atoms with Crippen LogP contribution in [0.1, 0.15) is 0 Å². The fraction of sp³-hybridized carbons (Fsp3) is 0.200. The molecule has 4 N–H and O–H groups in total. The zero-order valence-corrected chi connectivity index (χ0v) is 10.2. The lowest BCUT2D eigenvalue weighted by molar-refractivity contribution is -1.22. The zero-order valence-electron chi connectivity index (χ0n) is 8.08. The first-order valence-electron chi connectivity index (χ1n) is 3.51. The predicted octanol–water partition coefficient (Wildman–Crippen LogP) is -0.0222. The van der Waals surface area contributed by atoms with Crippen molar-refractivity contribution in [3.63, 3.8) is 0 Å². The molecule has 10 heteroatoms. The van der Waals surface area contributed by atoms with E-state index in [1.165, 1.54) is 30.1 Å². The number of nitrogens with zero attached hydrogens (tertiary/aromatic N) is 3. The number of rotatable bonds is 8. The van der Waals surface area contributed by atoms with Crippen molar-refractivity contribution in [2.24, 2.45) is 11.7 Å². The van der Waals surface area contributed by atoms with Crippen LogP contribution in [0.4, 0.5) is 0 Å². The van der Waals surface area contributed by atoms with Gasteiger partial charge in [-0.1, -0.05) is 15.0 Å². The first-order valence-corrected chi connectivity index (χ1v) is 4.39. The molecular formula is C5H13IN5O4+. The van der Waals surface area contributed by atoms with E-state index >= 15 is 0 Å². The van der Waals surface area contributed by atoms with Crippen molar-refractivity contribution < 1.29 is 22.8 Å². The lowest BCUT2D eigenvalue weighted by Crippen LogP contribution is -2.52. The molecule has 0 aliphatic rings. The summed E-state index contributed by atoms with van der Waals surface area (Å²) in [5.74, 6) is 10.6. The van der Waals surface area contributed by atoms with E-state index in [4.69, 9.17) is 24.7 Å². The van der Waals surface area contributed by atoms with Gasteiger partial charge in [0, 0.05) is 10.3 Å². The lowest BCUT2D eigenvalue weighted by Gasteiger charge is -2.24. The Labute approximate surface area is 101 Å². The highest BCUT2D eigenvalue weighted by molar-refractivity contribution is 14.1. The Morgan fingerprint density at radius 3 is 2.40 bits per heavy atom. The van der Waals surface area contributed by atoms with Gasteiger partial charge in [0.2, 0.25) is 0 Å². The Morgan fingerprint density at radius 1 is 1.47 bits per heavy atom. The topological polar surface area (TPSA) is 95.4 Å². The SMILES string of the molecule is C=CN(ON(N)OC)O[N+](N)(C=C)OI. The van der Waals surface area contributed by atoms with E-state index in [0.717, 1.165) is 12.4 Å². The number of quaternary nitrogens is 1. The molecular weight excluding hydrogens is 321 g/mol. The van der Waals surface area contributed by atoms with Gasteiger partial charge in [-0.3, -0.25) is 4.84 Å². The van der Waals surface area contributed by atoms with Crippen LogP contribution in [-0.4, -0.2) is 22.6 Å². The van der Waals surface area contributed by atoms with Crippen LogP contribution in [0.5, 0.6) is 0 Å². The van der Waals surface area contributed by atoms with Gasteiger partial charge in [-0.05, 0) is 6.58 Å². The van der Waals surface area contributed by atoms with Crippen molar-refractivity contribution in [2.45, 2.75) is 0 Å². The third-order valence-electron chi connectivity index (χ3n) is 1.06. The van der Waals surface area contributed by atoms with Gasteiger partial charge in [0.05, 0.1) is 18.2 Å². The molecule has 15 heavy (non-hydrogen) atoms. The Bertz CT molecular complexity index is 220. The molecule has 1 unspecified atom stereocenters. The average Bonchev–Trinajstić information content (AvgIpc) is 2.27. The van der Waals surface area contributed by atoms with Crippen LogP contribution in [0.25, 0.3) is 0 Å². The monoisotopic (exact) mass is 334 g/mol. The minimum absolute atomic E-state index is 0.516. The van der Waals surface area contributed by atoms with Gasteiger partial charge in [0.15, 0.2) is 29.2 Å². The molecule has 0 aromatic carbocycles. The standard InChI is InChI=1S/C5H13IN5O4/c1-4-9(14-10(7)12-3)15-11(8,5-2)13-6/h4-5H,1-2,7-8H2,3H3/q+1. The van der Waals surface area contributed by atoms with Crippen molar-refractivity contribution in [3.05, 3.63) is 25.6 Å². The molecule has 0 aliphatic heterocycles. The number of halogens is 1. The summed E-state index contributed by atoms with van der Waals surface area (Å²) in [5.41, 5.74) is 0. The molecule has 0 rings (SSSR count). The summed E-state index contributed by atoms with van der Waals surface area (Å²) < 4.78 is 4.71. The number of nitrogens with two attached hydrogens (primary N) is 2. The molecule has 0 aliphatic carbocycles. The van der Waals surface area contributed by atoms with Crippen LogP contribution >= 0.6 is 23.0 Å². The van der Waals surface area contributed by atoms with Crippen LogP contribution in [0.3, 0.4) is 0 Å². The second-order valence-corrected chi connectivity index (χ2v) is 2.39. The van der Waals surface area contributed by atoms with Gasteiger partial charge >= 0.3 is 0 Å². The van der Waals surface area contributed by atoms with E-state index in [1.807, 2.05) is 0 Å². The highest BCUT2D eigenvalue weighted by atomic mass is 127.